The van der Waals surface area contributed by atoms with Crippen molar-refractivity contribution in [3.63, 3.8) is 0 Å². The van der Waals surface area contributed by atoms with Crippen molar-refractivity contribution in [2.45, 2.75) is 25.3 Å². The number of benzene rings is 1. The van der Waals surface area contributed by atoms with Crippen molar-refractivity contribution in [1.82, 2.24) is 5.43 Å². The Morgan fingerprint density at radius 2 is 2.29 bits per heavy atom. The highest BCUT2D eigenvalue weighted by molar-refractivity contribution is 6.30. The highest BCUT2D eigenvalue weighted by Gasteiger charge is 2.09. The van der Waals surface area contributed by atoms with Gasteiger partial charge in [-0.05, 0) is 37.0 Å². The van der Waals surface area contributed by atoms with Crippen molar-refractivity contribution in [3.8, 4) is 0 Å². The summed E-state index contributed by atoms with van der Waals surface area (Å²) in [6, 6.07) is 4.88. The smallest absolute Gasteiger partial charge is 0.141 e. The molecule has 17 heavy (non-hydrogen) atoms. The number of hydrazine groups is 1. The Bertz CT molecular complexity index is 349. The van der Waals surface area contributed by atoms with Gasteiger partial charge in [0.2, 0.25) is 0 Å². The number of rotatable bonds is 7. The van der Waals surface area contributed by atoms with Crippen LogP contribution in [0.4, 0.5) is 4.39 Å². The Morgan fingerprint density at radius 1 is 1.53 bits per heavy atom. The number of ether oxygens (including phenoxy) is 1. The molecule has 0 aliphatic carbocycles. The van der Waals surface area contributed by atoms with Crippen LogP contribution in [0.2, 0.25) is 5.02 Å². The standard InChI is InChI=1S/C12H18ClFN2O/c1-17-6-2-3-10(16-15)7-9-4-5-12(14)11(13)8-9/h4-5,8,10,16H,2-3,6-7,15H2,1H3. The molecule has 1 aromatic carbocycles. The average molecular weight is 261 g/mol. The van der Waals surface area contributed by atoms with E-state index in [1.165, 1.54) is 6.07 Å². The van der Waals surface area contributed by atoms with Gasteiger partial charge in [0.05, 0.1) is 5.02 Å². The molecule has 3 N–H and O–H groups in total. The fourth-order valence-electron chi connectivity index (χ4n) is 1.67. The highest BCUT2D eigenvalue weighted by Crippen LogP contribution is 2.17. The Balaban J connectivity index is 2.51. The van der Waals surface area contributed by atoms with Gasteiger partial charge in [0.25, 0.3) is 0 Å². The summed E-state index contributed by atoms with van der Waals surface area (Å²) in [5.41, 5.74) is 3.72. The molecule has 0 fully saturated rings. The Kier molecular flexibility index (Phi) is 6.44. The Hall–Kier alpha value is -0.680. The van der Waals surface area contributed by atoms with Crippen LogP contribution in [-0.4, -0.2) is 19.8 Å². The topological polar surface area (TPSA) is 47.3 Å². The third-order valence-electron chi connectivity index (χ3n) is 2.60. The molecule has 0 amide bonds. The zero-order chi connectivity index (χ0) is 12.7. The summed E-state index contributed by atoms with van der Waals surface area (Å²) in [5.74, 6) is 5.08. The van der Waals surface area contributed by atoms with Crippen molar-refractivity contribution in [3.05, 3.63) is 34.6 Å². The van der Waals surface area contributed by atoms with Crippen LogP contribution in [0.5, 0.6) is 0 Å². The summed E-state index contributed by atoms with van der Waals surface area (Å²) >= 11 is 5.72. The lowest BCUT2D eigenvalue weighted by Gasteiger charge is -2.15. The number of hydrogen-bond donors (Lipinski definition) is 2. The molecule has 0 aliphatic heterocycles. The quantitative estimate of drug-likeness (QED) is 0.449. The molecule has 0 spiro atoms. The minimum absolute atomic E-state index is 0.145. The third-order valence-corrected chi connectivity index (χ3v) is 2.89. The van der Waals surface area contributed by atoms with E-state index in [1.807, 2.05) is 0 Å². The molecule has 0 radical (unpaired) electrons. The van der Waals surface area contributed by atoms with Crippen LogP contribution in [0.3, 0.4) is 0 Å². The summed E-state index contributed by atoms with van der Waals surface area (Å²) in [5, 5.41) is 0.148. The molecule has 5 heteroatoms. The van der Waals surface area contributed by atoms with E-state index in [0.717, 1.165) is 24.8 Å². The molecule has 0 bridgehead atoms. The average Bonchev–Trinajstić information content (AvgIpc) is 2.32. The van der Waals surface area contributed by atoms with Gasteiger partial charge in [-0.15, -0.1) is 0 Å². The number of nitrogens with two attached hydrogens (primary N) is 1. The predicted octanol–water partition coefficient (Wildman–Crippen LogP) is 2.28. The predicted molar refractivity (Wildman–Crippen MR) is 67.3 cm³/mol. The summed E-state index contributed by atoms with van der Waals surface area (Å²) < 4.78 is 18.0. The number of nitrogens with one attached hydrogen (secondary N) is 1. The van der Waals surface area contributed by atoms with Crippen LogP contribution in [0.15, 0.2) is 18.2 Å². The van der Waals surface area contributed by atoms with Crippen molar-refractivity contribution in [2.24, 2.45) is 5.84 Å². The summed E-state index contributed by atoms with van der Waals surface area (Å²) in [7, 11) is 1.67. The van der Waals surface area contributed by atoms with Gasteiger partial charge < -0.3 is 4.74 Å². The Morgan fingerprint density at radius 3 is 2.88 bits per heavy atom. The fraction of sp³-hybridized carbons (Fsp3) is 0.500. The second kappa shape index (κ2) is 7.61. The summed E-state index contributed by atoms with van der Waals surface area (Å²) in [6.45, 7) is 0.711. The van der Waals surface area contributed by atoms with E-state index in [-0.39, 0.29) is 11.1 Å². The molecule has 0 aromatic heterocycles. The minimum Gasteiger partial charge on any atom is -0.385 e. The lowest BCUT2D eigenvalue weighted by atomic mass is 10.0. The van der Waals surface area contributed by atoms with Crippen LogP contribution >= 0.6 is 11.6 Å². The zero-order valence-electron chi connectivity index (χ0n) is 9.88. The van der Waals surface area contributed by atoms with E-state index < -0.39 is 5.82 Å². The maximum absolute atomic E-state index is 13.0. The first-order valence-electron chi connectivity index (χ1n) is 5.56. The minimum atomic E-state index is -0.396. The lowest BCUT2D eigenvalue weighted by molar-refractivity contribution is 0.188. The van der Waals surface area contributed by atoms with E-state index in [9.17, 15) is 4.39 Å². The van der Waals surface area contributed by atoms with Crippen LogP contribution in [0.25, 0.3) is 0 Å². The zero-order valence-corrected chi connectivity index (χ0v) is 10.6. The first kappa shape index (κ1) is 14.4. The third kappa shape index (κ3) is 5.00. The second-order valence-corrected chi connectivity index (χ2v) is 4.36. The van der Waals surface area contributed by atoms with E-state index in [0.29, 0.717) is 6.61 Å². The van der Waals surface area contributed by atoms with Crippen molar-refractivity contribution < 1.29 is 9.13 Å². The summed E-state index contributed by atoms with van der Waals surface area (Å²) in [6.07, 6.45) is 2.56. The van der Waals surface area contributed by atoms with Crippen molar-refractivity contribution >= 4 is 11.6 Å². The van der Waals surface area contributed by atoms with Gasteiger partial charge >= 0.3 is 0 Å². The Labute approximate surface area is 106 Å². The van der Waals surface area contributed by atoms with Gasteiger partial charge in [0.15, 0.2) is 0 Å². The SMILES string of the molecule is COCCCC(Cc1ccc(F)c(Cl)c1)NN. The largest absolute Gasteiger partial charge is 0.385 e. The van der Waals surface area contributed by atoms with E-state index >= 15 is 0 Å². The first-order valence-corrected chi connectivity index (χ1v) is 5.94. The molecule has 1 atom stereocenters. The molecule has 0 saturated heterocycles. The molecular weight excluding hydrogens is 243 g/mol. The van der Waals surface area contributed by atoms with E-state index in [2.05, 4.69) is 5.43 Å². The monoisotopic (exact) mass is 260 g/mol. The molecule has 0 saturated carbocycles. The van der Waals surface area contributed by atoms with Crippen LogP contribution in [0.1, 0.15) is 18.4 Å². The van der Waals surface area contributed by atoms with E-state index in [4.69, 9.17) is 22.2 Å². The number of methoxy groups -OCH3 is 1. The first-order chi connectivity index (χ1) is 8.17. The maximum Gasteiger partial charge on any atom is 0.141 e. The molecule has 1 aromatic rings. The molecule has 3 nitrogen and oxygen atoms in total. The van der Waals surface area contributed by atoms with Gasteiger partial charge in [-0.1, -0.05) is 17.7 Å². The van der Waals surface area contributed by atoms with Crippen LogP contribution < -0.4 is 11.3 Å². The highest BCUT2D eigenvalue weighted by atomic mass is 35.5. The van der Waals surface area contributed by atoms with Gasteiger partial charge in [0.1, 0.15) is 5.82 Å². The van der Waals surface area contributed by atoms with Crippen molar-refractivity contribution in [2.75, 3.05) is 13.7 Å². The van der Waals surface area contributed by atoms with Gasteiger partial charge in [-0.25, -0.2) is 4.39 Å². The number of halogens is 2. The molecule has 1 rings (SSSR count). The normalized spacial score (nSPS) is 12.7. The fourth-order valence-corrected chi connectivity index (χ4v) is 1.87. The molecule has 1 unspecified atom stereocenters. The number of hydrogen-bond acceptors (Lipinski definition) is 3. The van der Waals surface area contributed by atoms with Crippen LogP contribution in [0, 0.1) is 5.82 Å². The van der Waals surface area contributed by atoms with Crippen molar-refractivity contribution in [1.29, 1.82) is 0 Å². The lowest BCUT2D eigenvalue weighted by Crippen LogP contribution is -2.36. The molecule has 0 aliphatic rings. The molecule has 96 valence electrons. The maximum atomic E-state index is 13.0. The van der Waals surface area contributed by atoms with E-state index in [1.54, 1.807) is 19.2 Å². The summed E-state index contributed by atoms with van der Waals surface area (Å²) in [4.78, 5) is 0. The van der Waals surface area contributed by atoms with Gasteiger partial charge in [0, 0.05) is 19.8 Å². The molecule has 0 heterocycles. The second-order valence-electron chi connectivity index (χ2n) is 3.95. The van der Waals surface area contributed by atoms with Crippen LogP contribution in [-0.2, 0) is 11.2 Å². The van der Waals surface area contributed by atoms with Gasteiger partial charge in [-0.3, -0.25) is 11.3 Å². The molecular formula is C12H18ClFN2O. The van der Waals surface area contributed by atoms with Gasteiger partial charge in [-0.2, -0.15) is 0 Å².